The molecule has 0 fully saturated rings. The number of aryl methyl sites for hydroxylation is 1. The van der Waals surface area contributed by atoms with E-state index >= 15 is 0 Å². The summed E-state index contributed by atoms with van der Waals surface area (Å²) in [6.07, 6.45) is 0.442. The lowest BCUT2D eigenvalue weighted by Gasteiger charge is -2.08. The first kappa shape index (κ1) is 32.0. The molecule has 0 atom stereocenters. The van der Waals surface area contributed by atoms with E-state index in [4.69, 9.17) is 29.8 Å². The molecule has 0 spiro atoms. The number of carbonyl (C=O) groups is 2. The Balaban J connectivity index is 0.000000856. The molecular weight excluding hydrogens is 495 g/mol. The summed E-state index contributed by atoms with van der Waals surface area (Å²) in [5, 5.41) is 11.7. The highest BCUT2D eigenvalue weighted by Crippen LogP contribution is 2.18. The van der Waals surface area contributed by atoms with Crippen LogP contribution >= 0.6 is 0 Å². The SMILES string of the molecule is C[n+]1ccc(-c2ccc(C(=O)NCCCOCCOCCOCCCN)cc2)cc1.O=C([O-])C(F)(F)F. The maximum Gasteiger partial charge on any atom is 0.430 e. The van der Waals surface area contributed by atoms with Crippen LogP contribution < -0.4 is 20.7 Å². The van der Waals surface area contributed by atoms with E-state index in [1.54, 1.807) is 0 Å². The predicted molar refractivity (Wildman–Crippen MR) is 127 cm³/mol. The van der Waals surface area contributed by atoms with E-state index in [9.17, 15) is 18.0 Å². The summed E-state index contributed by atoms with van der Waals surface area (Å²) in [5.74, 6) is -3.08. The molecule has 1 aromatic heterocycles. The van der Waals surface area contributed by atoms with Gasteiger partial charge in [0.2, 0.25) is 0 Å². The van der Waals surface area contributed by atoms with Crippen molar-refractivity contribution in [2.45, 2.75) is 19.0 Å². The maximum absolute atomic E-state index is 12.2. The van der Waals surface area contributed by atoms with E-state index in [0.717, 1.165) is 24.0 Å². The Hall–Kier alpha value is -3.06. The maximum atomic E-state index is 12.2. The molecule has 0 aliphatic heterocycles. The van der Waals surface area contributed by atoms with Gasteiger partial charge in [0.15, 0.2) is 12.4 Å². The molecule has 2 rings (SSSR count). The van der Waals surface area contributed by atoms with Crippen molar-refractivity contribution in [3.8, 4) is 11.1 Å². The lowest BCUT2D eigenvalue weighted by atomic mass is 10.0. The van der Waals surface area contributed by atoms with Crippen LogP contribution in [0.2, 0.25) is 0 Å². The van der Waals surface area contributed by atoms with Crippen molar-refractivity contribution >= 4 is 11.9 Å². The minimum atomic E-state index is -5.19. The minimum absolute atomic E-state index is 0.0704. The number of alkyl halides is 3. The number of hydrogen-bond acceptors (Lipinski definition) is 7. The van der Waals surface area contributed by atoms with Crippen molar-refractivity contribution in [2.75, 3.05) is 52.7 Å². The number of nitrogens with zero attached hydrogens (tertiary/aromatic N) is 1. The molecule has 206 valence electrons. The summed E-state index contributed by atoms with van der Waals surface area (Å²) in [7, 11) is 1.98. The highest BCUT2D eigenvalue weighted by molar-refractivity contribution is 5.94. The van der Waals surface area contributed by atoms with Crippen LogP contribution in [0.1, 0.15) is 23.2 Å². The van der Waals surface area contributed by atoms with E-state index in [1.807, 2.05) is 48.3 Å². The molecular formula is C25H34F3N3O6. The number of amides is 1. The van der Waals surface area contributed by atoms with Gasteiger partial charge in [-0.1, -0.05) is 12.1 Å². The monoisotopic (exact) mass is 529 g/mol. The number of hydrogen-bond donors (Lipinski definition) is 2. The van der Waals surface area contributed by atoms with Crippen LogP contribution in [0.3, 0.4) is 0 Å². The third kappa shape index (κ3) is 14.9. The van der Waals surface area contributed by atoms with Gasteiger partial charge in [0.05, 0.1) is 26.4 Å². The van der Waals surface area contributed by atoms with Crippen LogP contribution in [0.4, 0.5) is 13.2 Å². The van der Waals surface area contributed by atoms with Gasteiger partial charge in [0.1, 0.15) is 13.0 Å². The highest BCUT2D eigenvalue weighted by Gasteiger charge is 2.28. The van der Waals surface area contributed by atoms with Gasteiger partial charge in [0, 0.05) is 37.5 Å². The highest BCUT2D eigenvalue weighted by atomic mass is 19.4. The molecule has 1 amide bonds. The Morgan fingerprint density at radius 3 is 1.81 bits per heavy atom. The molecule has 12 heteroatoms. The first-order chi connectivity index (χ1) is 17.6. The van der Waals surface area contributed by atoms with Gasteiger partial charge >= 0.3 is 6.18 Å². The van der Waals surface area contributed by atoms with Crippen LogP contribution in [0.25, 0.3) is 11.1 Å². The van der Waals surface area contributed by atoms with Gasteiger partial charge in [-0.15, -0.1) is 0 Å². The van der Waals surface area contributed by atoms with Crippen molar-refractivity contribution in [3.63, 3.8) is 0 Å². The molecule has 0 saturated carbocycles. The number of carboxylic acid groups (broad SMARTS) is 1. The van der Waals surface area contributed by atoms with Crippen molar-refractivity contribution in [2.24, 2.45) is 12.8 Å². The van der Waals surface area contributed by atoms with Crippen molar-refractivity contribution in [3.05, 3.63) is 54.4 Å². The van der Waals surface area contributed by atoms with Gasteiger partial charge in [-0.05, 0) is 42.6 Å². The Kier molecular flexibility index (Phi) is 15.7. The molecule has 0 aliphatic carbocycles. The average molecular weight is 530 g/mol. The Labute approximate surface area is 214 Å². The van der Waals surface area contributed by atoms with Crippen molar-refractivity contribution < 1.29 is 46.6 Å². The molecule has 2 aromatic rings. The zero-order chi connectivity index (χ0) is 27.5. The third-order valence-corrected chi connectivity index (χ3v) is 4.68. The largest absolute Gasteiger partial charge is 0.542 e. The first-order valence-corrected chi connectivity index (χ1v) is 11.7. The molecule has 0 aliphatic rings. The molecule has 9 nitrogen and oxygen atoms in total. The molecule has 0 unspecified atom stereocenters. The lowest BCUT2D eigenvalue weighted by Crippen LogP contribution is -2.37. The van der Waals surface area contributed by atoms with Gasteiger partial charge < -0.3 is 35.2 Å². The number of rotatable bonds is 15. The number of ether oxygens (including phenoxy) is 3. The number of pyridine rings is 1. The standard InChI is InChI=1S/C23H33N3O4.C2HF3O2/c1-26-12-8-21(9-13-26)20-4-6-22(7-5-20)23(27)25-11-3-15-29-17-19-30-18-16-28-14-2-10-24;3-2(4,5)1(6)7/h4-9,12-13H,2-3,10-11,14-19,24H2,1H3;(H,6,7). The van der Waals surface area contributed by atoms with E-state index in [-0.39, 0.29) is 5.91 Å². The molecule has 3 N–H and O–H groups in total. The van der Waals surface area contributed by atoms with Crippen LogP contribution in [0.5, 0.6) is 0 Å². The summed E-state index contributed by atoms with van der Waals surface area (Å²) in [5.41, 5.74) is 8.25. The quantitative estimate of drug-likeness (QED) is 0.260. The van der Waals surface area contributed by atoms with Crippen molar-refractivity contribution in [1.82, 2.24) is 5.32 Å². The second kappa shape index (κ2) is 18.2. The topological polar surface area (TPSA) is 127 Å². The summed E-state index contributed by atoms with van der Waals surface area (Å²) < 4.78 is 49.8. The molecule has 37 heavy (non-hydrogen) atoms. The normalized spacial score (nSPS) is 10.9. The Morgan fingerprint density at radius 2 is 1.32 bits per heavy atom. The van der Waals surface area contributed by atoms with E-state index in [0.29, 0.717) is 58.3 Å². The second-order valence-electron chi connectivity index (χ2n) is 7.70. The fourth-order valence-electron chi connectivity index (χ4n) is 2.71. The van der Waals surface area contributed by atoms with Gasteiger partial charge in [0.25, 0.3) is 5.91 Å². The molecule has 1 aromatic carbocycles. The first-order valence-electron chi connectivity index (χ1n) is 11.7. The average Bonchev–Trinajstić information content (AvgIpc) is 2.87. The Bertz CT molecular complexity index is 909. The zero-order valence-electron chi connectivity index (χ0n) is 20.8. The number of nitrogens with two attached hydrogens (primary N) is 1. The number of carboxylic acids is 1. The number of benzene rings is 1. The van der Waals surface area contributed by atoms with Crippen LogP contribution in [-0.2, 0) is 26.1 Å². The van der Waals surface area contributed by atoms with Crippen LogP contribution in [-0.4, -0.2) is 70.8 Å². The molecule has 1 heterocycles. The summed E-state index contributed by atoms with van der Waals surface area (Å²) in [6.45, 7) is 4.71. The van der Waals surface area contributed by atoms with Gasteiger partial charge in [-0.3, -0.25) is 4.79 Å². The number of nitrogens with one attached hydrogen (secondary N) is 1. The smallest absolute Gasteiger partial charge is 0.430 e. The fraction of sp³-hybridized carbons (Fsp3) is 0.480. The summed E-state index contributed by atoms with van der Waals surface area (Å²) >= 11 is 0. The van der Waals surface area contributed by atoms with E-state index in [1.165, 1.54) is 0 Å². The minimum Gasteiger partial charge on any atom is -0.542 e. The van der Waals surface area contributed by atoms with E-state index in [2.05, 4.69) is 17.4 Å². The molecule has 0 saturated heterocycles. The van der Waals surface area contributed by atoms with Gasteiger partial charge in [-0.2, -0.15) is 13.2 Å². The molecule has 0 bridgehead atoms. The zero-order valence-corrected chi connectivity index (χ0v) is 20.8. The van der Waals surface area contributed by atoms with Crippen LogP contribution in [0.15, 0.2) is 48.8 Å². The number of aliphatic carboxylic acids is 1. The number of halogens is 3. The summed E-state index contributed by atoms with van der Waals surface area (Å²) in [6, 6.07) is 11.7. The third-order valence-electron chi connectivity index (χ3n) is 4.68. The fourth-order valence-corrected chi connectivity index (χ4v) is 2.71. The second-order valence-corrected chi connectivity index (χ2v) is 7.70. The number of carbonyl (C=O) groups excluding carboxylic acids is 2. The predicted octanol–water partition coefficient (Wildman–Crippen LogP) is 0.995. The van der Waals surface area contributed by atoms with Gasteiger partial charge in [-0.25, -0.2) is 4.57 Å². The van der Waals surface area contributed by atoms with E-state index < -0.39 is 12.1 Å². The lowest BCUT2D eigenvalue weighted by molar-refractivity contribution is -0.671. The Morgan fingerprint density at radius 1 is 0.865 bits per heavy atom. The van der Waals surface area contributed by atoms with Crippen LogP contribution in [0, 0.1) is 0 Å². The summed E-state index contributed by atoms with van der Waals surface area (Å²) in [4.78, 5) is 21.0. The molecule has 0 radical (unpaired) electrons. The number of aromatic nitrogens is 1. The van der Waals surface area contributed by atoms with Crippen molar-refractivity contribution in [1.29, 1.82) is 0 Å².